The van der Waals surface area contributed by atoms with E-state index in [1.807, 2.05) is 30.3 Å². The van der Waals surface area contributed by atoms with Crippen molar-refractivity contribution in [2.45, 2.75) is 25.9 Å². The van der Waals surface area contributed by atoms with Gasteiger partial charge < -0.3 is 9.84 Å². The van der Waals surface area contributed by atoms with Crippen LogP contribution < -0.4 is 0 Å². The van der Waals surface area contributed by atoms with Gasteiger partial charge in [-0.05, 0) is 18.4 Å². The third kappa shape index (κ3) is 6.42. The summed E-state index contributed by atoms with van der Waals surface area (Å²) in [5.74, 6) is -0.852. The van der Waals surface area contributed by atoms with Gasteiger partial charge in [0.1, 0.15) is 6.61 Å². The van der Waals surface area contributed by atoms with Gasteiger partial charge in [-0.1, -0.05) is 30.3 Å². The van der Waals surface area contributed by atoms with Crippen molar-refractivity contribution in [2.24, 2.45) is 4.99 Å². The molecular formula is C13H15NO4. The molecule has 1 amide bonds. The summed E-state index contributed by atoms with van der Waals surface area (Å²) >= 11 is 0. The van der Waals surface area contributed by atoms with Crippen molar-refractivity contribution < 1.29 is 19.4 Å². The molecule has 96 valence electrons. The molecule has 18 heavy (non-hydrogen) atoms. The molecule has 0 aromatic heterocycles. The van der Waals surface area contributed by atoms with Crippen LogP contribution in [0.5, 0.6) is 0 Å². The molecule has 0 spiro atoms. The first-order valence-electron chi connectivity index (χ1n) is 5.63. The van der Waals surface area contributed by atoms with Crippen LogP contribution in [0.4, 0.5) is 4.79 Å². The lowest BCUT2D eigenvalue weighted by atomic mass is 10.2. The van der Waals surface area contributed by atoms with E-state index in [1.165, 1.54) is 6.21 Å². The van der Waals surface area contributed by atoms with Gasteiger partial charge in [-0.3, -0.25) is 4.79 Å². The Morgan fingerprint density at radius 3 is 2.67 bits per heavy atom. The van der Waals surface area contributed by atoms with Crippen LogP contribution in [0.1, 0.15) is 24.8 Å². The van der Waals surface area contributed by atoms with Gasteiger partial charge in [0.2, 0.25) is 0 Å². The first-order valence-corrected chi connectivity index (χ1v) is 5.63. The summed E-state index contributed by atoms with van der Waals surface area (Å²) < 4.78 is 4.90. The van der Waals surface area contributed by atoms with Gasteiger partial charge in [0.05, 0.1) is 0 Å². The highest BCUT2D eigenvalue weighted by atomic mass is 16.5. The molecule has 0 saturated carbocycles. The fourth-order valence-electron chi connectivity index (χ4n) is 1.24. The number of hydrogen-bond acceptors (Lipinski definition) is 3. The first-order chi connectivity index (χ1) is 8.68. The first kappa shape index (κ1) is 13.9. The van der Waals surface area contributed by atoms with Crippen LogP contribution in [0.25, 0.3) is 0 Å². The normalized spacial score (nSPS) is 10.4. The lowest BCUT2D eigenvalue weighted by molar-refractivity contribution is -0.137. The average Bonchev–Trinajstić information content (AvgIpc) is 2.37. The third-order valence-corrected chi connectivity index (χ3v) is 2.13. The standard InChI is InChI=1S/C13H15NO4/c15-12(16)8-4-5-9-14-13(17)18-10-11-6-2-1-3-7-11/h1-3,6-7,9H,4-5,8,10H2,(H,15,16). The summed E-state index contributed by atoms with van der Waals surface area (Å²) in [5.41, 5.74) is 0.895. The van der Waals surface area contributed by atoms with E-state index in [-0.39, 0.29) is 13.0 Å². The van der Waals surface area contributed by atoms with Gasteiger partial charge in [-0.15, -0.1) is 0 Å². The highest BCUT2D eigenvalue weighted by Crippen LogP contribution is 2.01. The SMILES string of the molecule is O=C(O)CCCC=NC(=O)OCc1ccccc1. The van der Waals surface area contributed by atoms with Crippen LogP contribution in [-0.2, 0) is 16.1 Å². The number of carbonyl (C=O) groups is 2. The van der Waals surface area contributed by atoms with Gasteiger partial charge in [-0.2, -0.15) is 4.99 Å². The maximum absolute atomic E-state index is 11.2. The minimum absolute atomic E-state index is 0.0745. The van der Waals surface area contributed by atoms with E-state index in [4.69, 9.17) is 9.84 Å². The van der Waals surface area contributed by atoms with Crippen LogP contribution >= 0.6 is 0 Å². The second-order valence-electron chi connectivity index (χ2n) is 3.64. The Hall–Kier alpha value is -2.17. The van der Waals surface area contributed by atoms with E-state index in [2.05, 4.69) is 4.99 Å². The monoisotopic (exact) mass is 249 g/mol. The van der Waals surface area contributed by atoms with Gasteiger partial charge in [-0.25, -0.2) is 4.79 Å². The second kappa shape index (κ2) is 8.00. The fraction of sp³-hybridized carbons (Fsp3) is 0.308. The summed E-state index contributed by atoms with van der Waals surface area (Å²) in [6, 6.07) is 9.30. The minimum Gasteiger partial charge on any atom is -0.481 e. The molecule has 0 saturated heterocycles. The van der Waals surface area contributed by atoms with Crippen molar-refractivity contribution in [3.05, 3.63) is 35.9 Å². The molecule has 1 aromatic rings. The Morgan fingerprint density at radius 1 is 1.28 bits per heavy atom. The number of ether oxygens (including phenoxy) is 1. The Balaban J connectivity index is 2.17. The summed E-state index contributed by atoms with van der Waals surface area (Å²) in [7, 11) is 0. The predicted octanol–water partition coefficient (Wildman–Crippen LogP) is 2.65. The van der Waals surface area contributed by atoms with Crippen LogP contribution in [-0.4, -0.2) is 23.4 Å². The van der Waals surface area contributed by atoms with E-state index in [0.717, 1.165) is 5.56 Å². The summed E-state index contributed by atoms with van der Waals surface area (Å²) in [6.45, 7) is 0.187. The number of aliphatic imine (C=N–C) groups is 1. The zero-order chi connectivity index (χ0) is 13.2. The molecular weight excluding hydrogens is 234 g/mol. The fourth-order valence-corrected chi connectivity index (χ4v) is 1.24. The molecule has 1 rings (SSSR count). The number of nitrogens with zero attached hydrogens (tertiary/aromatic N) is 1. The maximum atomic E-state index is 11.2. The molecule has 0 atom stereocenters. The number of hydrogen-bond donors (Lipinski definition) is 1. The Bertz CT molecular complexity index is 414. The van der Waals surface area contributed by atoms with E-state index in [1.54, 1.807) is 0 Å². The number of aliphatic carboxylic acids is 1. The molecule has 0 aliphatic rings. The molecule has 1 aromatic carbocycles. The molecule has 0 heterocycles. The number of carboxylic acids is 1. The number of amides is 1. The predicted molar refractivity (Wildman–Crippen MR) is 66.6 cm³/mol. The minimum atomic E-state index is -0.852. The average molecular weight is 249 g/mol. The van der Waals surface area contributed by atoms with E-state index in [0.29, 0.717) is 12.8 Å². The van der Waals surface area contributed by atoms with Crippen molar-refractivity contribution in [2.75, 3.05) is 0 Å². The summed E-state index contributed by atoms with van der Waals surface area (Å²) in [6.07, 6.45) is 1.72. The van der Waals surface area contributed by atoms with E-state index in [9.17, 15) is 9.59 Å². The van der Waals surface area contributed by atoms with Crippen molar-refractivity contribution >= 4 is 18.3 Å². The van der Waals surface area contributed by atoms with Crippen molar-refractivity contribution in [1.82, 2.24) is 0 Å². The lowest BCUT2D eigenvalue weighted by Crippen LogP contribution is -2.00. The number of carboxylic acid groups (broad SMARTS) is 1. The maximum Gasteiger partial charge on any atom is 0.433 e. The van der Waals surface area contributed by atoms with E-state index >= 15 is 0 Å². The molecule has 0 radical (unpaired) electrons. The quantitative estimate of drug-likeness (QED) is 0.621. The lowest BCUT2D eigenvalue weighted by Gasteiger charge is -2.00. The van der Waals surface area contributed by atoms with Crippen molar-refractivity contribution in [1.29, 1.82) is 0 Å². The second-order valence-corrected chi connectivity index (χ2v) is 3.64. The topological polar surface area (TPSA) is 76.0 Å². The highest BCUT2D eigenvalue weighted by Gasteiger charge is 1.99. The number of unbranched alkanes of at least 4 members (excludes halogenated alkanes) is 1. The summed E-state index contributed by atoms with van der Waals surface area (Å²) in [5, 5.41) is 8.40. The van der Waals surface area contributed by atoms with Crippen LogP contribution in [0.3, 0.4) is 0 Å². The van der Waals surface area contributed by atoms with Crippen molar-refractivity contribution in [3.63, 3.8) is 0 Å². The van der Waals surface area contributed by atoms with Gasteiger partial charge >= 0.3 is 12.1 Å². The zero-order valence-corrected chi connectivity index (χ0v) is 9.91. The van der Waals surface area contributed by atoms with E-state index < -0.39 is 12.1 Å². The van der Waals surface area contributed by atoms with Crippen LogP contribution in [0, 0.1) is 0 Å². The summed E-state index contributed by atoms with van der Waals surface area (Å²) in [4.78, 5) is 25.0. The molecule has 0 bridgehead atoms. The van der Waals surface area contributed by atoms with Gasteiger partial charge in [0.15, 0.2) is 0 Å². The third-order valence-electron chi connectivity index (χ3n) is 2.13. The molecule has 0 aliphatic carbocycles. The molecule has 5 nitrogen and oxygen atoms in total. The van der Waals surface area contributed by atoms with Crippen LogP contribution in [0.2, 0.25) is 0 Å². The van der Waals surface area contributed by atoms with Crippen molar-refractivity contribution in [3.8, 4) is 0 Å². The Labute approximate surface area is 105 Å². The molecule has 0 unspecified atom stereocenters. The highest BCUT2D eigenvalue weighted by molar-refractivity contribution is 5.79. The van der Waals surface area contributed by atoms with Crippen LogP contribution in [0.15, 0.2) is 35.3 Å². The number of rotatable bonds is 6. The molecule has 1 N–H and O–H groups in total. The molecule has 5 heteroatoms. The van der Waals surface area contributed by atoms with Gasteiger partial charge in [0.25, 0.3) is 0 Å². The number of carbonyl (C=O) groups excluding carboxylic acids is 1. The Morgan fingerprint density at radius 2 is 2.00 bits per heavy atom. The zero-order valence-electron chi connectivity index (χ0n) is 9.91. The molecule has 0 aliphatic heterocycles. The smallest absolute Gasteiger partial charge is 0.433 e. The largest absolute Gasteiger partial charge is 0.481 e. The van der Waals surface area contributed by atoms with Gasteiger partial charge in [0, 0.05) is 12.6 Å². The Kier molecular flexibility index (Phi) is 6.17. The molecule has 0 fully saturated rings. The number of benzene rings is 1.